The van der Waals surface area contributed by atoms with E-state index in [1.807, 2.05) is 30.3 Å². The molecular weight excluding hydrogens is 446 g/mol. The molecule has 9 nitrogen and oxygen atoms in total. The molecule has 0 unspecified atom stereocenters. The quantitative estimate of drug-likeness (QED) is 0.501. The third kappa shape index (κ3) is 3.70. The second kappa shape index (κ2) is 8.25. The van der Waals surface area contributed by atoms with Gasteiger partial charge in [0.15, 0.2) is 0 Å². The van der Waals surface area contributed by atoms with Crippen LogP contribution in [0.1, 0.15) is 16.1 Å². The average Bonchev–Trinajstić information content (AvgIpc) is 3.28. The Hall–Kier alpha value is -3.85. The number of aromatic nitrogens is 3. The molecule has 168 valence electrons. The van der Waals surface area contributed by atoms with Crippen molar-refractivity contribution in [3.05, 3.63) is 81.4 Å². The number of fused-ring (bicyclic) bond motifs is 3. The number of carboxylic acid groups (broad SMARTS) is 1. The number of para-hydroxylation sites is 1. The number of nitrogens with zero attached hydrogens (tertiary/aromatic N) is 5. The summed E-state index contributed by atoms with van der Waals surface area (Å²) in [5.74, 6) is 0.0377. The van der Waals surface area contributed by atoms with Crippen molar-refractivity contribution in [1.29, 1.82) is 0 Å². The van der Waals surface area contributed by atoms with Crippen molar-refractivity contribution in [2.75, 3.05) is 26.2 Å². The molecule has 1 fully saturated rings. The van der Waals surface area contributed by atoms with Crippen LogP contribution in [0, 0.1) is 0 Å². The Labute approximate surface area is 193 Å². The van der Waals surface area contributed by atoms with Crippen LogP contribution in [0.3, 0.4) is 0 Å². The lowest BCUT2D eigenvalue weighted by Crippen LogP contribution is -2.50. The molecule has 0 saturated carbocycles. The number of amides is 2. The van der Waals surface area contributed by atoms with Gasteiger partial charge in [-0.05, 0) is 23.8 Å². The fraction of sp³-hybridized carbons (Fsp3) is 0.217. The predicted molar refractivity (Wildman–Crippen MR) is 123 cm³/mol. The highest BCUT2D eigenvalue weighted by Crippen LogP contribution is 2.20. The van der Waals surface area contributed by atoms with E-state index in [1.54, 1.807) is 33.7 Å². The smallest absolute Gasteiger partial charge is 0.407 e. The van der Waals surface area contributed by atoms with E-state index in [0.29, 0.717) is 21.7 Å². The van der Waals surface area contributed by atoms with Crippen LogP contribution in [-0.4, -0.2) is 67.0 Å². The van der Waals surface area contributed by atoms with Crippen LogP contribution in [0.15, 0.2) is 59.5 Å². The van der Waals surface area contributed by atoms with E-state index in [1.165, 1.54) is 9.47 Å². The first-order valence-corrected chi connectivity index (χ1v) is 10.8. The minimum absolute atomic E-state index is 0.197. The summed E-state index contributed by atoms with van der Waals surface area (Å²) >= 11 is 6.34. The summed E-state index contributed by atoms with van der Waals surface area (Å²) in [5.41, 5.74) is 1.38. The molecule has 0 bridgehead atoms. The summed E-state index contributed by atoms with van der Waals surface area (Å²) < 4.78 is 3.26. The van der Waals surface area contributed by atoms with Gasteiger partial charge < -0.3 is 14.9 Å². The number of hydrogen-bond donors (Lipinski definition) is 1. The van der Waals surface area contributed by atoms with Crippen molar-refractivity contribution in [3.8, 4) is 0 Å². The minimum Gasteiger partial charge on any atom is -0.465 e. The zero-order valence-electron chi connectivity index (χ0n) is 17.5. The van der Waals surface area contributed by atoms with Gasteiger partial charge in [-0.3, -0.25) is 18.6 Å². The summed E-state index contributed by atoms with van der Waals surface area (Å²) in [4.78, 5) is 45.1. The lowest BCUT2D eigenvalue weighted by atomic mass is 10.2. The van der Waals surface area contributed by atoms with Gasteiger partial charge >= 0.3 is 6.09 Å². The molecule has 2 amide bonds. The number of carbonyl (C=O) groups excluding carboxylic acids is 1. The molecule has 1 aliphatic rings. The summed E-state index contributed by atoms with van der Waals surface area (Å²) in [7, 11) is 0. The van der Waals surface area contributed by atoms with Gasteiger partial charge in [0.2, 0.25) is 5.78 Å². The van der Waals surface area contributed by atoms with Crippen LogP contribution in [-0.2, 0) is 6.54 Å². The molecule has 0 aliphatic carbocycles. The van der Waals surface area contributed by atoms with E-state index in [4.69, 9.17) is 16.7 Å². The molecule has 1 aliphatic heterocycles. The monoisotopic (exact) mass is 465 g/mol. The number of imidazole rings is 1. The topological polar surface area (TPSA) is 100 Å². The highest BCUT2D eigenvalue weighted by atomic mass is 35.5. The average molecular weight is 466 g/mol. The lowest BCUT2D eigenvalue weighted by Gasteiger charge is -2.32. The number of hydrogen-bond acceptors (Lipinski definition) is 4. The van der Waals surface area contributed by atoms with Gasteiger partial charge in [0.1, 0.15) is 5.69 Å². The van der Waals surface area contributed by atoms with Crippen LogP contribution in [0.4, 0.5) is 4.79 Å². The second-order valence-corrected chi connectivity index (χ2v) is 8.27. The molecule has 33 heavy (non-hydrogen) atoms. The van der Waals surface area contributed by atoms with Crippen molar-refractivity contribution >= 4 is 40.3 Å². The van der Waals surface area contributed by atoms with Gasteiger partial charge in [-0.2, -0.15) is 0 Å². The summed E-state index contributed by atoms with van der Waals surface area (Å²) in [5, 5.41) is 10.2. The van der Waals surface area contributed by atoms with Crippen LogP contribution in [0.5, 0.6) is 0 Å². The lowest BCUT2D eigenvalue weighted by molar-refractivity contribution is 0.0620. The van der Waals surface area contributed by atoms with Gasteiger partial charge in [-0.25, -0.2) is 9.78 Å². The van der Waals surface area contributed by atoms with Gasteiger partial charge in [-0.15, -0.1) is 0 Å². The molecule has 1 saturated heterocycles. The summed E-state index contributed by atoms with van der Waals surface area (Å²) in [6, 6.07) is 14.4. The molecule has 10 heteroatoms. The fourth-order valence-electron chi connectivity index (χ4n) is 4.14. The highest BCUT2D eigenvalue weighted by molar-refractivity contribution is 6.31. The molecule has 2 aromatic carbocycles. The van der Waals surface area contributed by atoms with Crippen molar-refractivity contribution in [3.63, 3.8) is 0 Å². The Bertz CT molecular complexity index is 1450. The van der Waals surface area contributed by atoms with Gasteiger partial charge in [0, 0.05) is 37.4 Å². The van der Waals surface area contributed by atoms with Crippen molar-refractivity contribution < 1.29 is 14.7 Å². The number of rotatable bonds is 3. The summed E-state index contributed by atoms with van der Waals surface area (Å²) in [6.45, 7) is 1.26. The van der Waals surface area contributed by atoms with Gasteiger partial charge in [-0.1, -0.05) is 41.9 Å². The Morgan fingerprint density at radius 2 is 1.64 bits per heavy atom. The second-order valence-electron chi connectivity index (χ2n) is 7.86. The maximum atomic E-state index is 13.3. The van der Waals surface area contributed by atoms with E-state index in [9.17, 15) is 14.4 Å². The Morgan fingerprint density at radius 3 is 2.36 bits per heavy atom. The van der Waals surface area contributed by atoms with E-state index in [0.717, 1.165) is 5.56 Å². The Balaban J connectivity index is 1.60. The van der Waals surface area contributed by atoms with Crippen molar-refractivity contribution in [2.24, 2.45) is 0 Å². The zero-order valence-corrected chi connectivity index (χ0v) is 18.3. The molecular formula is C23H20ClN5O4. The number of halogens is 1. The largest absolute Gasteiger partial charge is 0.465 e. The normalized spacial score (nSPS) is 14.2. The highest BCUT2D eigenvalue weighted by Gasteiger charge is 2.27. The molecule has 1 N–H and O–H groups in total. The minimum atomic E-state index is -0.995. The SMILES string of the molecule is O=C(O)N1CCN(C(=O)c2cn3c4ccccc4c(=O)n(Cc4ccccc4Cl)c3n2)CC1. The standard InChI is InChI=1S/C23H20ClN5O4/c24-17-7-3-1-5-15(17)13-29-20(30)16-6-2-4-8-19(16)28-14-18(25-22(28)29)21(31)26-9-11-27(12-10-26)23(32)33/h1-8,14H,9-13H2,(H,32,33). The molecule has 2 aromatic heterocycles. The zero-order chi connectivity index (χ0) is 23.1. The third-order valence-corrected chi connectivity index (χ3v) is 6.28. The predicted octanol–water partition coefficient (Wildman–Crippen LogP) is 2.79. The number of carbonyl (C=O) groups is 2. The first kappa shape index (κ1) is 21.0. The first-order chi connectivity index (χ1) is 15.9. The molecule has 0 spiro atoms. The Kier molecular flexibility index (Phi) is 5.26. The van der Waals surface area contributed by atoms with Crippen LogP contribution in [0.2, 0.25) is 5.02 Å². The summed E-state index contributed by atoms with van der Waals surface area (Å²) in [6.07, 6.45) is 0.636. The Morgan fingerprint density at radius 1 is 0.970 bits per heavy atom. The van der Waals surface area contributed by atoms with Gasteiger partial charge in [0.25, 0.3) is 11.5 Å². The van der Waals surface area contributed by atoms with Crippen molar-refractivity contribution in [1.82, 2.24) is 23.8 Å². The van der Waals surface area contributed by atoms with Gasteiger partial charge in [0.05, 0.1) is 17.4 Å². The maximum Gasteiger partial charge on any atom is 0.407 e. The van der Waals surface area contributed by atoms with E-state index >= 15 is 0 Å². The first-order valence-electron chi connectivity index (χ1n) is 10.5. The maximum absolute atomic E-state index is 13.3. The molecule has 0 atom stereocenters. The molecule has 3 heterocycles. The van der Waals surface area contributed by atoms with Crippen molar-refractivity contribution in [2.45, 2.75) is 6.54 Å². The molecule has 4 aromatic rings. The molecule has 0 radical (unpaired) electrons. The van der Waals surface area contributed by atoms with E-state index in [-0.39, 0.29) is 49.9 Å². The van der Waals surface area contributed by atoms with E-state index < -0.39 is 6.09 Å². The van der Waals surface area contributed by atoms with E-state index in [2.05, 4.69) is 4.98 Å². The third-order valence-electron chi connectivity index (χ3n) is 5.91. The van der Waals surface area contributed by atoms with Crippen LogP contribution < -0.4 is 5.56 Å². The number of benzene rings is 2. The van der Waals surface area contributed by atoms with Crippen LogP contribution in [0.25, 0.3) is 16.7 Å². The van der Waals surface area contributed by atoms with Crippen LogP contribution >= 0.6 is 11.6 Å². The number of piperazine rings is 1. The molecule has 5 rings (SSSR count). The fourth-order valence-corrected chi connectivity index (χ4v) is 4.34.